The molecule has 2 N–H and O–H groups in total. The van der Waals surface area contributed by atoms with E-state index in [9.17, 15) is 4.91 Å². The Morgan fingerprint density at radius 1 is 1.50 bits per heavy atom. The molecule has 0 aromatic rings. The highest BCUT2D eigenvalue weighted by molar-refractivity contribution is 5.12. The first-order valence-corrected chi connectivity index (χ1v) is 4.12. The standard InChI is InChI=1S/C9H16N2O/c1-3-4-9(11-12)7-8(2)5-6-10/h4-5H,3,6-7,10H2,1-2H3/b8-5-,9-4+. The number of rotatable bonds is 5. The lowest BCUT2D eigenvalue weighted by Crippen LogP contribution is -1.95. The fraction of sp³-hybridized carbons (Fsp3) is 0.556. The Hall–Kier alpha value is -0.960. The molecule has 0 unspecified atom stereocenters. The fourth-order valence-electron chi connectivity index (χ4n) is 0.936. The summed E-state index contributed by atoms with van der Waals surface area (Å²) in [6.45, 7) is 4.44. The van der Waals surface area contributed by atoms with Gasteiger partial charge in [0.25, 0.3) is 0 Å². The van der Waals surface area contributed by atoms with Crippen LogP contribution in [0.3, 0.4) is 0 Å². The molecule has 0 amide bonds. The lowest BCUT2D eigenvalue weighted by molar-refractivity contribution is 1.02. The Balaban J connectivity index is 4.11. The van der Waals surface area contributed by atoms with Crippen LogP contribution in [-0.2, 0) is 0 Å². The summed E-state index contributed by atoms with van der Waals surface area (Å²) < 4.78 is 0. The monoisotopic (exact) mass is 168 g/mol. The Bertz CT molecular complexity index is 195. The molecule has 0 bridgehead atoms. The summed E-state index contributed by atoms with van der Waals surface area (Å²) in [5.41, 5.74) is 7.01. The molecule has 0 heterocycles. The topological polar surface area (TPSA) is 55.4 Å². The van der Waals surface area contributed by atoms with Crippen molar-refractivity contribution in [2.45, 2.75) is 26.7 Å². The quantitative estimate of drug-likeness (QED) is 0.506. The third-order valence-corrected chi connectivity index (χ3v) is 1.48. The molecule has 0 saturated heterocycles. The van der Waals surface area contributed by atoms with E-state index in [0.29, 0.717) is 18.7 Å². The van der Waals surface area contributed by atoms with E-state index in [-0.39, 0.29) is 0 Å². The van der Waals surface area contributed by atoms with Gasteiger partial charge in [-0.2, -0.15) is 0 Å². The van der Waals surface area contributed by atoms with Crippen molar-refractivity contribution in [1.82, 2.24) is 0 Å². The van der Waals surface area contributed by atoms with Crippen molar-refractivity contribution in [1.29, 1.82) is 0 Å². The summed E-state index contributed by atoms with van der Waals surface area (Å²) in [6.07, 6.45) is 5.20. The first kappa shape index (κ1) is 11.0. The molecule has 12 heavy (non-hydrogen) atoms. The molecular weight excluding hydrogens is 152 g/mol. The summed E-state index contributed by atoms with van der Waals surface area (Å²) in [5.74, 6) is 0. The Labute approximate surface area is 73.3 Å². The highest BCUT2D eigenvalue weighted by Gasteiger charge is 1.96. The highest BCUT2D eigenvalue weighted by Crippen LogP contribution is 2.11. The van der Waals surface area contributed by atoms with Gasteiger partial charge in [0.2, 0.25) is 0 Å². The number of nitroso groups, excluding NO2 is 1. The van der Waals surface area contributed by atoms with Gasteiger partial charge in [-0.1, -0.05) is 24.6 Å². The van der Waals surface area contributed by atoms with Crippen LogP contribution < -0.4 is 5.73 Å². The third-order valence-electron chi connectivity index (χ3n) is 1.48. The van der Waals surface area contributed by atoms with E-state index < -0.39 is 0 Å². The Morgan fingerprint density at radius 2 is 2.17 bits per heavy atom. The van der Waals surface area contributed by atoms with E-state index in [2.05, 4.69) is 5.18 Å². The van der Waals surface area contributed by atoms with Crippen molar-refractivity contribution < 1.29 is 0 Å². The van der Waals surface area contributed by atoms with Gasteiger partial charge in [0.1, 0.15) is 0 Å². The van der Waals surface area contributed by atoms with Gasteiger partial charge >= 0.3 is 0 Å². The zero-order valence-corrected chi connectivity index (χ0v) is 7.71. The molecule has 0 aliphatic heterocycles. The summed E-state index contributed by atoms with van der Waals surface area (Å²) >= 11 is 0. The van der Waals surface area contributed by atoms with Crippen LogP contribution in [0.1, 0.15) is 26.7 Å². The van der Waals surface area contributed by atoms with Crippen LogP contribution in [0.5, 0.6) is 0 Å². The average Bonchev–Trinajstić information content (AvgIpc) is 2.04. The second-order valence-electron chi connectivity index (χ2n) is 2.66. The normalized spacial score (nSPS) is 13.2. The van der Waals surface area contributed by atoms with E-state index in [4.69, 9.17) is 5.73 Å². The van der Waals surface area contributed by atoms with Gasteiger partial charge in [0, 0.05) is 13.0 Å². The van der Waals surface area contributed by atoms with Crippen molar-refractivity contribution >= 4 is 0 Å². The molecule has 0 aromatic heterocycles. The molecule has 0 aliphatic rings. The molecule has 3 nitrogen and oxygen atoms in total. The van der Waals surface area contributed by atoms with E-state index >= 15 is 0 Å². The molecule has 0 aliphatic carbocycles. The minimum atomic E-state index is 0.518. The van der Waals surface area contributed by atoms with Crippen LogP contribution in [0.4, 0.5) is 0 Å². The maximum atomic E-state index is 10.3. The molecule has 0 fully saturated rings. The van der Waals surface area contributed by atoms with Crippen LogP contribution in [-0.4, -0.2) is 6.54 Å². The maximum absolute atomic E-state index is 10.3. The molecule has 0 aromatic carbocycles. The van der Waals surface area contributed by atoms with Gasteiger partial charge in [-0.25, -0.2) is 0 Å². The summed E-state index contributed by atoms with van der Waals surface area (Å²) in [4.78, 5) is 10.3. The van der Waals surface area contributed by atoms with Gasteiger partial charge in [0.15, 0.2) is 0 Å². The molecule has 3 heteroatoms. The minimum Gasteiger partial charge on any atom is -0.327 e. The lowest BCUT2D eigenvalue weighted by Gasteiger charge is -1.97. The van der Waals surface area contributed by atoms with Crippen molar-refractivity contribution in [2.75, 3.05) is 6.54 Å². The van der Waals surface area contributed by atoms with Crippen LogP contribution in [0, 0.1) is 4.91 Å². The molecule has 0 spiro atoms. The number of hydrogen-bond acceptors (Lipinski definition) is 3. The number of nitrogens with two attached hydrogens (primary N) is 1. The van der Waals surface area contributed by atoms with Gasteiger partial charge in [-0.15, -0.1) is 4.91 Å². The molecule has 68 valence electrons. The van der Waals surface area contributed by atoms with Crippen molar-refractivity contribution in [3.05, 3.63) is 28.3 Å². The van der Waals surface area contributed by atoms with Crippen molar-refractivity contribution in [2.24, 2.45) is 10.9 Å². The predicted octanol–water partition coefficient (Wildman–Crippen LogP) is 2.34. The van der Waals surface area contributed by atoms with E-state index in [1.54, 1.807) is 0 Å². The maximum Gasteiger partial charge on any atom is 0.0849 e. The van der Waals surface area contributed by atoms with Crippen LogP contribution in [0.15, 0.2) is 28.6 Å². The van der Waals surface area contributed by atoms with E-state index in [1.807, 2.05) is 26.0 Å². The number of allylic oxidation sites excluding steroid dienone is 2. The third kappa shape index (κ3) is 4.79. The van der Waals surface area contributed by atoms with E-state index in [0.717, 1.165) is 12.0 Å². The average molecular weight is 168 g/mol. The van der Waals surface area contributed by atoms with Gasteiger partial charge in [-0.3, -0.25) is 0 Å². The van der Waals surface area contributed by atoms with Crippen LogP contribution in [0.2, 0.25) is 0 Å². The fourth-order valence-corrected chi connectivity index (χ4v) is 0.936. The number of nitrogens with zero attached hydrogens (tertiary/aromatic N) is 1. The summed E-state index contributed by atoms with van der Waals surface area (Å²) in [5, 5.41) is 2.93. The van der Waals surface area contributed by atoms with Gasteiger partial charge in [0.05, 0.1) is 5.70 Å². The Kier molecular flexibility index (Phi) is 6.19. The SMILES string of the molecule is CC/C=C(\C/C(C)=C\CN)N=O. The zero-order chi connectivity index (χ0) is 9.40. The highest BCUT2D eigenvalue weighted by atomic mass is 16.3. The minimum absolute atomic E-state index is 0.518. The molecule has 0 rings (SSSR count). The summed E-state index contributed by atoms with van der Waals surface area (Å²) in [6, 6.07) is 0. The largest absolute Gasteiger partial charge is 0.327 e. The second-order valence-corrected chi connectivity index (χ2v) is 2.66. The molecule has 0 saturated carbocycles. The number of hydrogen-bond donors (Lipinski definition) is 1. The van der Waals surface area contributed by atoms with Crippen molar-refractivity contribution in [3.8, 4) is 0 Å². The van der Waals surface area contributed by atoms with Crippen LogP contribution >= 0.6 is 0 Å². The molecular formula is C9H16N2O. The summed E-state index contributed by atoms with van der Waals surface area (Å²) in [7, 11) is 0. The van der Waals surface area contributed by atoms with E-state index in [1.165, 1.54) is 0 Å². The van der Waals surface area contributed by atoms with Gasteiger partial charge in [-0.05, 0) is 18.5 Å². The Morgan fingerprint density at radius 3 is 2.58 bits per heavy atom. The first-order valence-electron chi connectivity index (χ1n) is 4.12. The molecule has 0 atom stereocenters. The van der Waals surface area contributed by atoms with Gasteiger partial charge < -0.3 is 5.73 Å². The van der Waals surface area contributed by atoms with Crippen molar-refractivity contribution in [3.63, 3.8) is 0 Å². The predicted molar refractivity (Wildman–Crippen MR) is 51.6 cm³/mol. The lowest BCUT2D eigenvalue weighted by atomic mass is 10.1. The second kappa shape index (κ2) is 6.73. The van der Waals surface area contributed by atoms with Crippen LogP contribution in [0.25, 0.3) is 0 Å². The zero-order valence-electron chi connectivity index (χ0n) is 7.71. The molecule has 0 radical (unpaired) electrons. The first-order chi connectivity index (χ1) is 5.74. The smallest absolute Gasteiger partial charge is 0.0849 e.